The van der Waals surface area contributed by atoms with Gasteiger partial charge in [0, 0.05) is 12.6 Å². The van der Waals surface area contributed by atoms with Gasteiger partial charge in [0.05, 0.1) is 27.7 Å². The fraction of sp³-hybridized carbons (Fsp3) is 0.450. The van der Waals surface area contributed by atoms with Crippen LogP contribution in [0, 0.1) is 6.92 Å². The lowest BCUT2D eigenvalue weighted by Crippen LogP contribution is -2.25. The summed E-state index contributed by atoms with van der Waals surface area (Å²) >= 11 is 13.3. The lowest BCUT2D eigenvalue weighted by Gasteiger charge is -2.10. The number of anilines is 3. The highest BCUT2D eigenvalue weighted by Gasteiger charge is 2.21. The molecule has 18 heteroatoms. The summed E-state index contributed by atoms with van der Waals surface area (Å²) < 4.78 is 51.3. The number of aromatic nitrogens is 6. The normalized spacial score (nSPS) is 11.4. The van der Waals surface area contributed by atoms with E-state index in [0.717, 1.165) is 24.0 Å². The maximum atomic E-state index is 12.8. The van der Waals surface area contributed by atoms with E-state index >= 15 is 0 Å². The van der Waals surface area contributed by atoms with Gasteiger partial charge in [0.15, 0.2) is 5.16 Å². The molecule has 3 N–H and O–H groups in total. The number of aryl methyl sites for hydroxylation is 1. The largest absolute Gasteiger partial charge is 0.355 e. The highest BCUT2D eigenvalue weighted by Crippen LogP contribution is 2.31. The number of rotatable bonds is 9. The molecule has 0 spiro atoms. The smallest absolute Gasteiger partial charge is 0.354 e. The van der Waals surface area contributed by atoms with E-state index in [0.29, 0.717) is 22.6 Å². The van der Waals surface area contributed by atoms with Crippen LogP contribution in [0.3, 0.4) is 0 Å². The highest BCUT2D eigenvalue weighted by molar-refractivity contribution is 7.98. The highest BCUT2D eigenvalue weighted by atomic mass is 35.5. The Balaban J connectivity index is 0.000000293. The van der Waals surface area contributed by atoms with Crippen LogP contribution in [-0.2, 0) is 10.0 Å². The molecule has 38 heavy (non-hydrogen) atoms. The zero-order valence-electron chi connectivity index (χ0n) is 21.3. The molecule has 3 aromatic rings. The van der Waals surface area contributed by atoms with Crippen LogP contribution < -0.4 is 21.0 Å². The van der Waals surface area contributed by atoms with Gasteiger partial charge in [-0.25, -0.2) is 17.8 Å². The van der Waals surface area contributed by atoms with Gasteiger partial charge in [0.25, 0.3) is 0 Å². The van der Waals surface area contributed by atoms with Crippen LogP contribution in [0.1, 0.15) is 33.1 Å². The lowest BCUT2D eigenvalue weighted by molar-refractivity contribution is 0.0640. The number of nitrogens with zero attached hydrogens (tertiary/aromatic N) is 6. The Kier molecular flexibility index (Phi) is 11.1. The standard InChI is InChI=1S/C11H10Cl2F2N4O3S.C9H17N5S/c1-5-16-19(11(20)18(5)10(14)15)9-4-8(17-23(2,21)22)6(12)3-7(9)13;1-5-10-7-12-8(11-6(2)3)14-9(13-7)15-4/h3-4,10,17H,1-2H3;6H,5H2,1-4H3,(H2,10,11,12,13,14). The quantitative estimate of drug-likeness (QED) is 0.299. The van der Waals surface area contributed by atoms with Crippen molar-refractivity contribution in [2.45, 2.75) is 45.4 Å². The second-order valence-corrected chi connectivity index (χ2v) is 11.2. The van der Waals surface area contributed by atoms with E-state index in [1.54, 1.807) is 0 Å². The zero-order valence-corrected chi connectivity index (χ0v) is 24.4. The number of sulfonamides is 1. The SMILES string of the molecule is CCNc1nc(NC(C)C)nc(SC)n1.Cc1nn(-c2cc(NS(C)(=O)=O)c(Cl)cc2Cl)c(=O)n1C(F)F. The number of halogens is 4. The van der Waals surface area contributed by atoms with E-state index in [4.69, 9.17) is 23.2 Å². The first-order chi connectivity index (χ1) is 17.7. The van der Waals surface area contributed by atoms with Gasteiger partial charge in [0.2, 0.25) is 21.9 Å². The molecule has 0 aliphatic carbocycles. The molecule has 0 saturated carbocycles. The molecule has 0 aliphatic heterocycles. The summed E-state index contributed by atoms with van der Waals surface area (Å²) in [5.41, 5.74) is -1.27. The molecule has 2 heterocycles. The molecular formula is C20H27Cl2F2N9O3S2. The Hall–Kier alpha value is -2.69. The topological polar surface area (TPSA) is 149 Å². The van der Waals surface area contributed by atoms with Gasteiger partial charge in [-0.1, -0.05) is 35.0 Å². The molecule has 0 bridgehead atoms. The molecule has 0 unspecified atom stereocenters. The van der Waals surface area contributed by atoms with Gasteiger partial charge in [0.1, 0.15) is 5.82 Å². The Labute approximate surface area is 232 Å². The Bertz CT molecular complexity index is 1430. The van der Waals surface area contributed by atoms with Gasteiger partial charge in [-0.05, 0) is 46.1 Å². The van der Waals surface area contributed by atoms with Crippen LogP contribution in [0.2, 0.25) is 10.0 Å². The van der Waals surface area contributed by atoms with E-state index in [1.165, 1.54) is 24.8 Å². The first-order valence-electron chi connectivity index (χ1n) is 10.9. The van der Waals surface area contributed by atoms with Gasteiger partial charge in [-0.2, -0.15) is 28.4 Å². The van der Waals surface area contributed by atoms with Crippen LogP contribution >= 0.6 is 35.0 Å². The minimum absolute atomic E-state index is 0.0257. The van der Waals surface area contributed by atoms with Crippen LogP contribution in [0.5, 0.6) is 0 Å². The predicted molar refractivity (Wildman–Crippen MR) is 147 cm³/mol. The third kappa shape index (κ3) is 8.68. The Morgan fingerprint density at radius 1 is 1.11 bits per heavy atom. The molecule has 0 fully saturated rings. The average Bonchev–Trinajstić information content (AvgIpc) is 3.08. The molecule has 3 rings (SSSR count). The van der Waals surface area contributed by atoms with Crippen molar-refractivity contribution in [1.29, 1.82) is 0 Å². The number of hydrogen-bond donors (Lipinski definition) is 3. The maximum Gasteiger partial charge on any atom is 0.355 e. The molecule has 210 valence electrons. The summed E-state index contributed by atoms with van der Waals surface area (Å²) in [5, 5.41) is 10.6. The molecule has 12 nitrogen and oxygen atoms in total. The van der Waals surface area contributed by atoms with Crippen molar-refractivity contribution in [2.75, 3.05) is 34.4 Å². The third-order valence-electron chi connectivity index (χ3n) is 4.29. The second-order valence-electron chi connectivity index (χ2n) is 7.85. The molecule has 1 aromatic carbocycles. The average molecular weight is 615 g/mol. The van der Waals surface area contributed by atoms with Crippen LogP contribution in [0.15, 0.2) is 22.1 Å². The van der Waals surface area contributed by atoms with E-state index < -0.39 is 22.3 Å². The first-order valence-corrected chi connectivity index (χ1v) is 14.8. The summed E-state index contributed by atoms with van der Waals surface area (Å²) in [7, 11) is -3.65. The molecular weight excluding hydrogens is 587 g/mol. The summed E-state index contributed by atoms with van der Waals surface area (Å²) in [6, 6.07) is 2.63. The van der Waals surface area contributed by atoms with Gasteiger partial charge in [-0.3, -0.25) is 4.72 Å². The number of thioether (sulfide) groups is 1. The minimum atomic E-state index is -3.65. The Morgan fingerprint density at radius 2 is 1.74 bits per heavy atom. The molecule has 0 aliphatic rings. The molecule has 0 amide bonds. The molecule has 0 atom stereocenters. The van der Waals surface area contributed by atoms with Crippen LogP contribution in [0.25, 0.3) is 5.69 Å². The van der Waals surface area contributed by atoms with Crippen molar-refractivity contribution in [3.63, 3.8) is 0 Å². The van der Waals surface area contributed by atoms with Gasteiger partial charge >= 0.3 is 12.2 Å². The second kappa shape index (κ2) is 13.4. The van der Waals surface area contributed by atoms with Crippen molar-refractivity contribution in [3.05, 3.63) is 38.5 Å². The van der Waals surface area contributed by atoms with E-state index in [2.05, 4.69) is 49.3 Å². The van der Waals surface area contributed by atoms with Crippen LogP contribution in [0.4, 0.5) is 26.4 Å². The van der Waals surface area contributed by atoms with Crippen molar-refractivity contribution in [1.82, 2.24) is 29.3 Å². The number of alkyl halides is 2. The monoisotopic (exact) mass is 613 g/mol. The molecule has 0 saturated heterocycles. The van der Waals surface area contributed by atoms with Crippen LogP contribution in [-0.4, -0.2) is 62.8 Å². The summed E-state index contributed by atoms with van der Waals surface area (Å²) in [6.45, 7) is 5.07. The first kappa shape index (κ1) is 31.5. The third-order valence-corrected chi connectivity index (χ3v) is 6.04. The fourth-order valence-corrected chi connectivity index (χ4v) is 4.33. The van der Waals surface area contributed by atoms with Crippen molar-refractivity contribution >= 4 is 62.6 Å². The van der Waals surface area contributed by atoms with Crippen molar-refractivity contribution in [3.8, 4) is 5.69 Å². The zero-order chi connectivity index (χ0) is 28.8. The summed E-state index contributed by atoms with van der Waals surface area (Å²) in [5.74, 6) is 1.02. The van der Waals surface area contributed by atoms with Crippen molar-refractivity contribution < 1.29 is 17.2 Å². The molecule has 0 radical (unpaired) electrons. The molecule has 2 aromatic heterocycles. The van der Waals surface area contributed by atoms with Gasteiger partial charge < -0.3 is 10.6 Å². The lowest BCUT2D eigenvalue weighted by atomic mass is 10.3. The van der Waals surface area contributed by atoms with Crippen molar-refractivity contribution in [2.24, 2.45) is 0 Å². The predicted octanol–water partition coefficient (Wildman–Crippen LogP) is 4.26. The number of benzene rings is 1. The van der Waals surface area contributed by atoms with E-state index in [9.17, 15) is 22.0 Å². The maximum absolute atomic E-state index is 12.8. The summed E-state index contributed by atoms with van der Waals surface area (Å²) in [6.07, 6.45) is 2.85. The number of nitrogens with one attached hydrogen (secondary N) is 3. The van der Waals surface area contributed by atoms with E-state index in [-0.39, 0.29) is 31.8 Å². The van der Waals surface area contributed by atoms with Gasteiger partial charge in [-0.15, -0.1) is 5.10 Å². The summed E-state index contributed by atoms with van der Waals surface area (Å²) in [4.78, 5) is 24.8. The number of hydrogen-bond acceptors (Lipinski definition) is 10. The fourth-order valence-electron chi connectivity index (χ4n) is 2.84. The Morgan fingerprint density at radius 3 is 2.24 bits per heavy atom. The van der Waals surface area contributed by atoms with E-state index in [1.807, 2.05) is 13.2 Å². The minimum Gasteiger partial charge on any atom is -0.354 e.